The van der Waals surface area contributed by atoms with Crippen molar-refractivity contribution in [3.05, 3.63) is 16.4 Å². The highest BCUT2D eigenvalue weighted by Gasteiger charge is 2.23. The van der Waals surface area contributed by atoms with E-state index in [9.17, 15) is 10.1 Å². The molecular formula is C11H19N5O4. The van der Waals surface area contributed by atoms with E-state index in [4.69, 9.17) is 9.47 Å². The summed E-state index contributed by atoms with van der Waals surface area (Å²) in [7, 11) is 4.91. The first-order valence-corrected chi connectivity index (χ1v) is 6.04. The molecule has 0 radical (unpaired) electrons. The van der Waals surface area contributed by atoms with Crippen LogP contribution in [0, 0.1) is 10.1 Å². The van der Waals surface area contributed by atoms with Gasteiger partial charge in [-0.05, 0) is 7.05 Å². The molecule has 0 aliphatic heterocycles. The molecule has 0 fully saturated rings. The Hall–Kier alpha value is -2.00. The van der Waals surface area contributed by atoms with Gasteiger partial charge in [-0.1, -0.05) is 0 Å². The van der Waals surface area contributed by atoms with Gasteiger partial charge in [0.25, 0.3) is 5.88 Å². The maximum Gasteiger partial charge on any atom is 0.372 e. The molecule has 0 amide bonds. The first-order valence-electron chi connectivity index (χ1n) is 6.04. The van der Waals surface area contributed by atoms with E-state index in [1.54, 1.807) is 7.11 Å². The second-order valence-electron chi connectivity index (χ2n) is 4.06. The van der Waals surface area contributed by atoms with Crippen molar-refractivity contribution in [1.29, 1.82) is 0 Å². The lowest BCUT2D eigenvalue weighted by atomic mass is 10.4. The van der Waals surface area contributed by atoms with Gasteiger partial charge in [-0.3, -0.25) is 10.1 Å². The molecule has 1 heterocycles. The van der Waals surface area contributed by atoms with Crippen LogP contribution in [0.2, 0.25) is 0 Å². The van der Waals surface area contributed by atoms with Crippen LogP contribution in [-0.4, -0.2) is 67.3 Å². The van der Waals surface area contributed by atoms with E-state index >= 15 is 0 Å². The third kappa shape index (κ3) is 4.59. The summed E-state index contributed by atoms with van der Waals surface area (Å²) in [6.07, 6.45) is 1.23. The summed E-state index contributed by atoms with van der Waals surface area (Å²) >= 11 is 0. The van der Waals surface area contributed by atoms with Crippen molar-refractivity contribution in [2.75, 3.05) is 52.8 Å². The molecule has 0 saturated carbocycles. The number of rotatable bonds is 9. The van der Waals surface area contributed by atoms with E-state index in [1.807, 2.05) is 11.9 Å². The summed E-state index contributed by atoms with van der Waals surface area (Å²) in [5, 5.41) is 13.9. The Kier molecular flexibility index (Phi) is 6.60. The van der Waals surface area contributed by atoms with Crippen LogP contribution in [0.1, 0.15) is 0 Å². The van der Waals surface area contributed by atoms with E-state index in [0.29, 0.717) is 19.7 Å². The van der Waals surface area contributed by atoms with E-state index < -0.39 is 4.92 Å². The molecule has 0 spiro atoms. The lowest BCUT2D eigenvalue weighted by molar-refractivity contribution is -0.385. The van der Waals surface area contributed by atoms with Gasteiger partial charge >= 0.3 is 5.69 Å². The van der Waals surface area contributed by atoms with Crippen molar-refractivity contribution in [3.63, 3.8) is 0 Å². The van der Waals surface area contributed by atoms with Crippen molar-refractivity contribution in [1.82, 2.24) is 14.9 Å². The normalized spacial score (nSPS) is 10.6. The molecule has 0 aliphatic rings. The summed E-state index contributed by atoms with van der Waals surface area (Å²) in [5.41, 5.74) is -0.255. The predicted molar refractivity (Wildman–Crippen MR) is 73.1 cm³/mol. The fraction of sp³-hybridized carbons (Fsp3) is 0.636. The van der Waals surface area contributed by atoms with E-state index in [0.717, 1.165) is 6.54 Å². The minimum absolute atomic E-state index is 0.0553. The van der Waals surface area contributed by atoms with E-state index in [-0.39, 0.29) is 17.4 Å². The van der Waals surface area contributed by atoms with Gasteiger partial charge < -0.3 is 19.7 Å². The number of ether oxygens (including phenoxy) is 2. The highest BCUT2D eigenvalue weighted by molar-refractivity contribution is 5.60. The zero-order valence-electron chi connectivity index (χ0n) is 11.8. The fourth-order valence-electron chi connectivity index (χ4n) is 1.53. The maximum absolute atomic E-state index is 11.0. The number of hydrogen-bond acceptors (Lipinski definition) is 8. The van der Waals surface area contributed by atoms with Crippen LogP contribution >= 0.6 is 0 Å². The van der Waals surface area contributed by atoms with Gasteiger partial charge in [0.05, 0.1) is 18.6 Å². The topological polar surface area (TPSA) is 103 Å². The number of anilines is 1. The Morgan fingerprint density at radius 2 is 2.15 bits per heavy atom. The van der Waals surface area contributed by atoms with Crippen molar-refractivity contribution >= 4 is 11.5 Å². The lowest BCUT2D eigenvalue weighted by Gasteiger charge is -2.16. The van der Waals surface area contributed by atoms with Crippen LogP contribution in [0.3, 0.4) is 0 Å². The molecule has 1 rings (SSSR count). The zero-order valence-corrected chi connectivity index (χ0v) is 11.8. The van der Waals surface area contributed by atoms with Gasteiger partial charge in [0.15, 0.2) is 0 Å². The Morgan fingerprint density at radius 1 is 1.40 bits per heavy atom. The van der Waals surface area contributed by atoms with Gasteiger partial charge in [0, 0.05) is 26.7 Å². The maximum atomic E-state index is 11.0. The Morgan fingerprint density at radius 3 is 2.75 bits per heavy atom. The van der Waals surface area contributed by atoms with Crippen LogP contribution < -0.4 is 10.1 Å². The van der Waals surface area contributed by atoms with Gasteiger partial charge in [-0.25, -0.2) is 4.98 Å². The largest absolute Gasteiger partial charge is 0.476 e. The Labute approximate surface area is 117 Å². The molecule has 0 bridgehead atoms. The number of nitrogens with zero attached hydrogens (tertiary/aromatic N) is 4. The van der Waals surface area contributed by atoms with Crippen LogP contribution in [0.4, 0.5) is 11.5 Å². The van der Waals surface area contributed by atoms with Crippen molar-refractivity contribution < 1.29 is 14.4 Å². The molecule has 0 saturated heterocycles. The number of hydrogen-bond donors (Lipinski definition) is 1. The van der Waals surface area contributed by atoms with E-state index in [1.165, 1.54) is 13.4 Å². The van der Waals surface area contributed by atoms with E-state index in [2.05, 4.69) is 15.3 Å². The van der Waals surface area contributed by atoms with Gasteiger partial charge in [0.1, 0.15) is 6.33 Å². The molecule has 0 aliphatic carbocycles. The molecule has 1 aromatic rings. The molecular weight excluding hydrogens is 266 g/mol. The second-order valence-corrected chi connectivity index (χ2v) is 4.06. The third-order valence-corrected chi connectivity index (χ3v) is 2.63. The molecule has 1 N–H and O–H groups in total. The first kappa shape index (κ1) is 16.1. The Balaban J connectivity index is 2.62. The highest BCUT2D eigenvalue weighted by Crippen LogP contribution is 2.29. The number of aromatic nitrogens is 2. The smallest absolute Gasteiger partial charge is 0.372 e. The first-order chi connectivity index (χ1) is 9.60. The highest BCUT2D eigenvalue weighted by atomic mass is 16.6. The van der Waals surface area contributed by atoms with Crippen molar-refractivity contribution in [2.45, 2.75) is 0 Å². The third-order valence-electron chi connectivity index (χ3n) is 2.63. The summed E-state index contributed by atoms with van der Waals surface area (Å²) in [6.45, 7) is 2.64. The summed E-state index contributed by atoms with van der Waals surface area (Å²) in [5.74, 6) is 0.0993. The predicted octanol–water partition coefficient (Wildman–Crippen LogP) is 0.384. The van der Waals surface area contributed by atoms with Gasteiger partial charge in [-0.2, -0.15) is 4.98 Å². The number of likely N-dealkylation sites (N-methyl/N-ethyl adjacent to an activating group) is 1. The van der Waals surface area contributed by atoms with Crippen LogP contribution in [0.15, 0.2) is 6.33 Å². The zero-order chi connectivity index (χ0) is 15.0. The summed E-state index contributed by atoms with van der Waals surface area (Å²) < 4.78 is 9.84. The number of nitrogens with one attached hydrogen (secondary N) is 1. The summed E-state index contributed by atoms with van der Waals surface area (Å²) in [4.78, 5) is 20.1. The average molecular weight is 285 g/mol. The molecule has 1 aromatic heterocycles. The minimum atomic E-state index is -0.560. The molecule has 0 atom stereocenters. The van der Waals surface area contributed by atoms with Crippen LogP contribution in [0.25, 0.3) is 0 Å². The number of nitro groups is 1. The second kappa shape index (κ2) is 8.23. The quantitative estimate of drug-likeness (QED) is 0.513. The number of methoxy groups -OCH3 is 2. The molecule has 20 heavy (non-hydrogen) atoms. The van der Waals surface area contributed by atoms with Gasteiger partial charge in [0.2, 0.25) is 5.82 Å². The fourth-order valence-corrected chi connectivity index (χ4v) is 1.53. The van der Waals surface area contributed by atoms with Crippen LogP contribution in [-0.2, 0) is 4.74 Å². The Bertz CT molecular complexity index is 443. The van der Waals surface area contributed by atoms with Crippen molar-refractivity contribution in [3.8, 4) is 5.88 Å². The monoisotopic (exact) mass is 285 g/mol. The molecule has 0 aromatic carbocycles. The van der Waals surface area contributed by atoms with Crippen LogP contribution in [0.5, 0.6) is 5.88 Å². The molecule has 9 nitrogen and oxygen atoms in total. The molecule has 0 unspecified atom stereocenters. The SMILES string of the molecule is COCCN(C)CCNc1ncnc(OC)c1[N+](=O)[O-]. The standard InChI is InChI=1S/C11H19N5O4/c1-15(6-7-19-2)5-4-12-10-9(16(17)18)11(20-3)14-8-13-10/h8H,4-7H2,1-3H3,(H,12,13,14). The molecule has 9 heteroatoms. The summed E-state index contributed by atoms with van der Waals surface area (Å²) in [6, 6.07) is 0. The van der Waals surface area contributed by atoms with Gasteiger partial charge in [-0.15, -0.1) is 0 Å². The average Bonchev–Trinajstić information content (AvgIpc) is 2.44. The minimum Gasteiger partial charge on any atom is -0.476 e. The van der Waals surface area contributed by atoms with Crippen molar-refractivity contribution in [2.24, 2.45) is 0 Å². The lowest BCUT2D eigenvalue weighted by Crippen LogP contribution is -2.28. The molecule has 112 valence electrons.